The number of benzene rings is 1. The van der Waals surface area contributed by atoms with E-state index in [-0.39, 0.29) is 11.9 Å². The Labute approximate surface area is 119 Å². The van der Waals surface area contributed by atoms with E-state index in [0.717, 1.165) is 29.7 Å². The van der Waals surface area contributed by atoms with Gasteiger partial charge in [0.1, 0.15) is 5.82 Å². The van der Waals surface area contributed by atoms with Crippen LogP contribution in [0, 0.1) is 12.7 Å². The van der Waals surface area contributed by atoms with Crippen molar-refractivity contribution < 1.29 is 4.39 Å². The summed E-state index contributed by atoms with van der Waals surface area (Å²) in [6, 6.07) is 5.19. The van der Waals surface area contributed by atoms with Gasteiger partial charge in [-0.1, -0.05) is 13.0 Å². The van der Waals surface area contributed by atoms with Crippen LogP contribution in [0.2, 0.25) is 0 Å². The maximum Gasteiger partial charge on any atom is 0.123 e. The van der Waals surface area contributed by atoms with Crippen molar-refractivity contribution in [2.75, 3.05) is 7.05 Å². The topological polar surface area (TPSA) is 29.9 Å². The van der Waals surface area contributed by atoms with Gasteiger partial charge in [0, 0.05) is 24.8 Å². The molecule has 0 saturated heterocycles. The predicted molar refractivity (Wildman–Crippen MR) is 79.2 cm³/mol. The van der Waals surface area contributed by atoms with Gasteiger partial charge < -0.3 is 5.32 Å². The SMILES string of the molecule is CCc1nn(C)cc1C(Cc1ccc(F)cc1C)NC. The highest BCUT2D eigenvalue weighted by Gasteiger charge is 2.17. The molecule has 1 aromatic heterocycles. The molecule has 1 atom stereocenters. The molecule has 1 heterocycles. The Hall–Kier alpha value is -1.68. The maximum atomic E-state index is 13.2. The van der Waals surface area contributed by atoms with E-state index in [1.165, 1.54) is 11.6 Å². The van der Waals surface area contributed by atoms with Crippen molar-refractivity contribution >= 4 is 0 Å². The van der Waals surface area contributed by atoms with Crippen LogP contribution < -0.4 is 5.32 Å². The van der Waals surface area contributed by atoms with Crippen LogP contribution in [0.3, 0.4) is 0 Å². The van der Waals surface area contributed by atoms with Crippen molar-refractivity contribution in [3.63, 3.8) is 0 Å². The van der Waals surface area contributed by atoms with E-state index in [1.807, 2.05) is 31.8 Å². The molecule has 108 valence electrons. The minimum absolute atomic E-state index is 0.178. The number of hydrogen-bond donors (Lipinski definition) is 1. The van der Waals surface area contributed by atoms with Gasteiger partial charge in [0.15, 0.2) is 0 Å². The van der Waals surface area contributed by atoms with Gasteiger partial charge in [0.2, 0.25) is 0 Å². The van der Waals surface area contributed by atoms with Crippen LogP contribution in [0.5, 0.6) is 0 Å². The second-order valence-corrected chi connectivity index (χ2v) is 5.17. The standard InChI is InChI=1S/C16H22FN3/c1-5-15-14(10-20(4)19-15)16(18-3)9-12-6-7-13(17)8-11(12)2/h6-8,10,16,18H,5,9H2,1-4H3. The monoisotopic (exact) mass is 275 g/mol. The van der Waals surface area contributed by atoms with Crippen molar-refractivity contribution in [1.29, 1.82) is 0 Å². The number of nitrogens with one attached hydrogen (secondary N) is 1. The summed E-state index contributed by atoms with van der Waals surface area (Å²) >= 11 is 0. The first-order chi connectivity index (χ1) is 9.55. The first-order valence-electron chi connectivity index (χ1n) is 6.99. The minimum atomic E-state index is -0.178. The minimum Gasteiger partial charge on any atom is -0.313 e. The van der Waals surface area contributed by atoms with Crippen LogP contribution in [0.15, 0.2) is 24.4 Å². The summed E-state index contributed by atoms with van der Waals surface area (Å²) in [4.78, 5) is 0. The Morgan fingerprint density at radius 3 is 2.75 bits per heavy atom. The molecule has 0 spiro atoms. The average Bonchev–Trinajstić information content (AvgIpc) is 2.79. The number of nitrogens with zero attached hydrogens (tertiary/aromatic N) is 2. The molecule has 4 heteroatoms. The summed E-state index contributed by atoms with van der Waals surface area (Å²) in [5.74, 6) is -0.178. The lowest BCUT2D eigenvalue weighted by atomic mass is 9.96. The van der Waals surface area contributed by atoms with Gasteiger partial charge in [-0.2, -0.15) is 5.10 Å². The lowest BCUT2D eigenvalue weighted by Gasteiger charge is -2.17. The fraction of sp³-hybridized carbons (Fsp3) is 0.438. The number of aryl methyl sites for hydroxylation is 3. The van der Waals surface area contributed by atoms with Crippen molar-refractivity contribution in [1.82, 2.24) is 15.1 Å². The number of aromatic nitrogens is 2. The van der Waals surface area contributed by atoms with Crippen molar-refractivity contribution in [3.8, 4) is 0 Å². The van der Waals surface area contributed by atoms with E-state index < -0.39 is 0 Å². The summed E-state index contributed by atoms with van der Waals surface area (Å²) in [6.07, 6.45) is 3.82. The van der Waals surface area contributed by atoms with E-state index in [4.69, 9.17) is 0 Å². The van der Waals surface area contributed by atoms with Crippen LogP contribution in [0.25, 0.3) is 0 Å². The highest BCUT2D eigenvalue weighted by atomic mass is 19.1. The van der Waals surface area contributed by atoms with Gasteiger partial charge in [0.25, 0.3) is 0 Å². The van der Waals surface area contributed by atoms with Crippen LogP contribution in [-0.4, -0.2) is 16.8 Å². The number of halogens is 1. The zero-order chi connectivity index (χ0) is 14.7. The summed E-state index contributed by atoms with van der Waals surface area (Å²) in [5, 5.41) is 7.84. The van der Waals surface area contributed by atoms with Gasteiger partial charge in [-0.25, -0.2) is 4.39 Å². The van der Waals surface area contributed by atoms with Gasteiger partial charge in [-0.15, -0.1) is 0 Å². The zero-order valence-corrected chi connectivity index (χ0v) is 12.6. The van der Waals surface area contributed by atoms with E-state index in [1.54, 1.807) is 6.07 Å². The second-order valence-electron chi connectivity index (χ2n) is 5.17. The summed E-state index contributed by atoms with van der Waals surface area (Å²) < 4.78 is 15.0. The third kappa shape index (κ3) is 3.07. The molecular weight excluding hydrogens is 253 g/mol. The molecule has 1 N–H and O–H groups in total. The fourth-order valence-electron chi connectivity index (χ4n) is 2.59. The Bertz CT molecular complexity index is 589. The predicted octanol–water partition coefficient (Wildman–Crippen LogP) is 2.93. The first kappa shape index (κ1) is 14.7. The third-order valence-corrected chi connectivity index (χ3v) is 3.73. The molecule has 0 aliphatic carbocycles. The fourth-order valence-corrected chi connectivity index (χ4v) is 2.59. The van der Waals surface area contributed by atoms with Gasteiger partial charge >= 0.3 is 0 Å². The van der Waals surface area contributed by atoms with Crippen molar-refractivity contribution in [3.05, 3.63) is 52.6 Å². The molecule has 1 unspecified atom stereocenters. The highest BCUT2D eigenvalue weighted by molar-refractivity contribution is 5.30. The Balaban J connectivity index is 2.28. The van der Waals surface area contributed by atoms with Crippen molar-refractivity contribution in [2.45, 2.75) is 32.7 Å². The lowest BCUT2D eigenvalue weighted by molar-refractivity contribution is 0.582. The number of hydrogen-bond acceptors (Lipinski definition) is 2. The maximum absolute atomic E-state index is 13.2. The molecule has 2 aromatic rings. The zero-order valence-electron chi connectivity index (χ0n) is 12.6. The Morgan fingerprint density at radius 2 is 2.15 bits per heavy atom. The highest BCUT2D eigenvalue weighted by Crippen LogP contribution is 2.23. The molecule has 0 fully saturated rings. The Kier molecular flexibility index (Phi) is 4.55. The normalized spacial score (nSPS) is 12.7. The Morgan fingerprint density at radius 1 is 1.40 bits per heavy atom. The molecule has 0 amide bonds. The van der Waals surface area contributed by atoms with Crippen LogP contribution in [0.1, 0.15) is 35.3 Å². The first-order valence-corrected chi connectivity index (χ1v) is 6.99. The molecule has 3 nitrogen and oxygen atoms in total. The molecule has 1 aromatic carbocycles. The average molecular weight is 275 g/mol. The van der Waals surface area contributed by atoms with Gasteiger partial charge in [0.05, 0.1) is 5.69 Å². The van der Waals surface area contributed by atoms with E-state index >= 15 is 0 Å². The van der Waals surface area contributed by atoms with E-state index in [2.05, 4.69) is 23.5 Å². The van der Waals surface area contributed by atoms with Crippen LogP contribution in [-0.2, 0) is 19.9 Å². The summed E-state index contributed by atoms with van der Waals surface area (Å²) in [5.41, 5.74) is 4.50. The van der Waals surface area contributed by atoms with Gasteiger partial charge in [-0.05, 0) is 50.1 Å². The van der Waals surface area contributed by atoms with Gasteiger partial charge in [-0.3, -0.25) is 4.68 Å². The van der Waals surface area contributed by atoms with Crippen LogP contribution in [0.4, 0.5) is 4.39 Å². The largest absolute Gasteiger partial charge is 0.313 e. The number of likely N-dealkylation sites (N-methyl/N-ethyl adjacent to an activating group) is 1. The lowest BCUT2D eigenvalue weighted by Crippen LogP contribution is -2.20. The molecule has 0 aliphatic rings. The second kappa shape index (κ2) is 6.18. The van der Waals surface area contributed by atoms with Crippen molar-refractivity contribution in [2.24, 2.45) is 7.05 Å². The van der Waals surface area contributed by atoms with E-state index in [9.17, 15) is 4.39 Å². The third-order valence-electron chi connectivity index (χ3n) is 3.73. The smallest absolute Gasteiger partial charge is 0.123 e. The number of rotatable bonds is 5. The van der Waals surface area contributed by atoms with Crippen LogP contribution >= 0.6 is 0 Å². The summed E-state index contributed by atoms with van der Waals surface area (Å²) in [7, 11) is 3.90. The molecular formula is C16H22FN3. The van der Waals surface area contributed by atoms with E-state index in [0.29, 0.717) is 0 Å². The molecule has 2 rings (SSSR count). The molecule has 0 saturated carbocycles. The molecule has 0 bridgehead atoms. The quantitative estimate of drug-likeness (QED) is 0.909. The molecule has 0 aliphatic heterocycles. The molecule has 0 radical (unpaired) electrons. The summed E-state index contributed by atoms with van der Waals surface area (Å²) in [6.45, 7) is 4.07. The molecule has 20 heavy (non-hydrogen) atoms.